The molecule has 4 atom stereocenters. The molecule has 94 valence electrons. The van der Waals surface area contributed by atoms with E-state index < -0.39 is 24.3 Å². The molecule has 0 aromatic heterocycles. The van der Waals surface area contributed by atoms with Crippen molar-refractivity contribution in [3.8, 4) is 0 Å². The van der Waals surface area contributed by atoms with Crippen LogP contribution >= 0.6 is 0 Å². The number of hydrogen-bond acceptors (Lipinski definition) is 5. The van der Waals surface area contributed by atoms with Crippen LogP contribution in [0, 0.1) is 0 Å². The molecule has 0 aromatic carbocycles. The van der Waals surface area contributed by atoms with Crippen LogP contribution in [0.4, 0.5) is 0 Å². The molecule has 1 rings (SSSR count). The molecule has 0 aromatic rings. The van der Waals surface area contributed by atoms with Gasteiger partial charge in [-0.25, -0.2) is 4.79 Å². The SMILES string of the molecule is CCOC(=O)[C@@H](O)[C@H]1CC[C@@H]([C@H](O)CC)O1. The van der Waals surface area contributed by atoms with Gasteiger partial charge in [0.25, 0.3) is 0 Å². The Hall–Kier alpha value is -0.650. The lowest BCUT2D eigenvalue weighted by Crippen LogP contribution is -2.37. The van der Waals surface area contributed by atoms with Crippen LogP contribution in [-0.4, -0.2) is 47.2 Å². The second kappa shape index (κ2) is 6.18. The standard InChI is InChI=1S/C11H20O5/c1-3-7(12)8-5-6-9(16-8)10(13)11(14)15-4-2/h7-10,12-13H,3-6H2,1-2H3/t7-,8+,9-,10+/m1/s1. The first-order valence-electron chi connectivity index (χ1n) is 5.78. The van der Waals surface area contributed by atoms with E-state index in [1.165, 1.54) is 0 Å². The fourth-order valence-electron chi connectivity index (χ4n) is 1.85. The molecular weight excluding hydrogens is 212 g/mol. The fraction of sp³-hybridized carbons (Fsp3) is 0.909. The van der Waals surface area contributed by atoms with Crippen molar-refractivity contribution in [1.29, 1.82) is 0 Å². The number of ether oxygens (including phenoxy) is 2. The first-order valence-corrected chi connectivity index (χ1v) is 5.78. The molecule has 0 saturated carbocycles. The molecule has 5 heteroatoms. The van der Waals surface area contributed by atoms with Gasteiger partial charge in [-0.2, -0.15) is 0 Å². The molecule has 1 heterocycles. The molecule has 1 saturated heterocycles. The molecule has 0 radical (unpaired) electrons. The van der Waals surface area contributed by atoms with Crippen molar-refractivity contribution in [3.05, 3.63) is 0 Å². The summed E-state index contributed by atoms with van der Waals surface area (Å²) in [7, 11) is 0. The predicted octanol–water partition coefficient (Wildman–Crippen LogP) is 0.229. The normalized spacial score (nSPS) is 28.8. The number of aliphatic hydroxyl groups is 2. The largest absolute Gasteiger partial charge is 0.464 e. The van der Waals surface area contributed by atoms with Gasteiger partial charge in [0.1, 0.15) is 0 Å². The minimum atomic E-state index is -1.24. The second-order valence-electron chi connectivity index (χ2n) is 3.96. The minimum Gasteiger partial charge on any atom is -0.464 e. The van der Waals surface area contributed by atoms with Crippen molar-refractivity contribution >= 4 is 5.97 Å². The molecule has 5 nitrogen and oxygen atoms in total. The van der Waals surface area contributed by atoms with Crippen LogP contribution in [0.15, 0.2) is 0 Å². The van der Waals surface area contributed by atoms with E-state index in [1.54, 1.807) is 6.92 Å². The number of hydrogen-bond donors (Lipinski definition) is 2. The van der Waals surface area contributed by atoms with E-state index in [0.717, 1.165) is 0 Å². The molecule has 0 unspecified atom stereocenters. The van der Waals surface area contributed by atoms with Gasteiger partial charge in [0, 0.05) is 0 Å². The number of carbonyl (C=O) groups excluding carboxylic acids is 1. The Kier molecular flexibility index (Phi) is 5.18. The van der Waals surface area contributed by atoms with Crippen LogP contribution in [0.5, 0.6) is 0 Å². The quantitative estimate of drug-likeness (QED) is 0.664. The first-order chi connectivity index (χ1) is 7.60. The summed E-state index contributed by atoms with van der Waals surface area (Å²) in [4.78, 5) is 11.3. The average molecular weight is 232 g/mol. The van der Waals surface area contributed by atoms with Gasteiger partial charge < -0.3 is 19.7 Å². The van der Waals surface area contributed by atoms with Gasteiger partial charge in [-0.3, -0.25) is 0 Å². The van der Waals surface area contributed by atoms with Gasteiger partial charge in [-0.1, -0.05) is 6.92 Å². The van der Waals surface area contributed by atoms with Crippen LogP contribution in [0.1, 0.15) is 33.1 Å². The Morgan fingerprint density at radius 3 is 2.56 bits per heavy atom. The summed E-state index contributed by atoms with van der Waals surface area (Å²) in [6, 6.07) is 0. The lowest BCUT2D eigenvalue weighted by Gasteiger charge is -2.20. The van der Waals surface area contributed by atoms with Gasteiger partial charge in [0.2, 0.25) is 0 Å². The van der Waals surface area contributed by atoms with E-state index in [2.05, 4.69) is 0 Å². The Morgan fingerprint density at radius 2 is 2.00 bits per heavy atom. The highest BCUT2D eigenvalue weighted by Crippen LogP contribution is 2.25. The van der Waals surface area contributed by atoms with Crippen LogP contribution in [0.2, 0.25) is 0 Å². The summed E-state index contributed by atoms with van der Waals surface area (Å²) >= 11 is 0. The Bertz CT molecular complexity index is 230. The zero-order chi connectivity index (χ0) is 12.1. The van der Waals surface area contributed by atoms with E-state index in [4.69, 9.17) is 9.47 Å². The summed E-state index contributed by atoms with van der Waals surface area (Å²) in [5.41, 5.74) is 0. The fourth-order valence-corrected chi connectivity index (χ4v) is 1.85. The van der Waals surface area contributed by atoms with Crippen molar-refractivity contribution in [2.75, 3.05) is 6.61 Å². The average Bonchev–Trinajstić information content (AvgIpc) is 2.76. The summed E-state index contributed by atoms with van der Waals surface area (Å²) in [5, 5.41) is 19.2. The molecule has 1 fully saturated rings. The van der Waals surface area contributed by atoms with E-state index in [0.29, 0.717) is 19.3 Å². The topological polar surface area (TPSA) is 76.0 Å². The van der Waals surface area contributed by atoms with E-state index >= 15 is 0 Å². The molecule has 1 aliphatic rings. The van der Waals surface area contributed by atoms with Crippen LogP contribution in [0.3, 0.4) is 0 Å². The molecule has 16 heavy (non-hydrogen) atoms. The van der Waals surface area contributed by atoms with Crippen LogP contribution < -0.4 is 0 Å². The summed E-state index contributed by atoms with van der Waals surface area (Å²) in [5.74, 6) is -0.654. The summed E-state index contributed by atoms with van der Waals surface area (Å²) in [6.07, 6.45) is -0.761. The van der Waals surface area contributed by atoms with Gasteiger partial charge in [-0.15, -0.1) is 0 Å². The van der Waals surface area contributed by atoms with Crippen LogP contribution in [-0.2, 0) is 14.3 Å². The number of esters is 1. The van der Waals surface area contributed by atoms with Gasteiger partial charge in [0.15, 0.2) is 6.10 Å². The minimum absolute atomic E-state index is 0.240. The highest BCUT2D eigenvalue weighted by molar-refractivity contribution is 5.75. The van der Waals surface area contributed by atoms with Gasteiger partial charge >= 0.3 is 5.97 Å². The van der Waals surface area contributed by atoms with Crippen molar-refractivity contribution in [2.24, 2.45) is 0 Å². The molecule has 1 aliphatic heterocycles. The molecular formula is C11H20O5. The number of rotatable bonds is 5. The molecule has 0 amide bonds. The van der Waals surface area contributed by atoms with E-state index in [-0.39, 0.29) is 12.7 Å². The maximum Gasteiger partial charge on any atom is 0.337 e. The first kappa shape index (κ1) is 13.4. The van der Waals surface area contributed by atoms with Crippen LogP contribution in [0.25, 0.3) is 0 Å². The lowest BCUT2D eigenvalue weighted by atomic mass is 10.1. The molecule has 2 N–H and O–H groups in total. The Morgan fingerprint density at radius 1 is 1.38 bits per heavy atom. The zero-order valence-electron chi connectivity index (χ0n) is 9.76. The third-order valence-corrected chi connectivity index (χ3v) is 2.81. The van der Waals surface area contributed by atoms with E-state index in [9.17, 15) is 15.0 Å². The number of carbonyl (C=O) groups is 1. The number of aliphatic hydroxyl groups excluding tert-OH is 2. The zero-order valence-corrected chi connectivity index (χ0v) is 9.76. The predicted molar refractivity (Wildman–Crippen MR) is 56.8 cm³/mol. The maximum absolute atomic E-state index is 11.3. The highest BCUT2D eigenvalue weighted by Gasteiger charge is 2.37. The molecule has 0 spiro atoms. The monoisotopic (exact) mass is 232 g/mol. The third kappa shape index (κ3) is 3.17. The molecule has 0 aliphatic carbocycles. The Balaban J connectivity index is 2.43. The lowest BCUT2D eigenvalue weighted by molar-refractivity contribution is -0.163. The third-order valence-electron chi connectivity index (χ3n) is 2.81. The van der Waals surface area contributed by atoms with Crippen molar-refractivity contribution in [1.82, 2.24) is 0 Å². The van der Waals surface area contributed by atoms with Gasteiger partial charge in [0.05, 0.1) is 24.9 Å². The maximum atomic E-state index is 11.3. The highest BCUT2D eigenvalue weighted by atomic mass is 16.6. The van der Waals surface area contributed by atoms with Crippen molar-refractivity contribution < 1.29 is 24.5 Å². The summed E-state index contributed by atoms with van der Waals surface area (Å²) < 4.78 is 10.1. The van der Waals surface area contributed by atoms with E-state index in [1.807, 2.05) is 6.92 Å². The Labute approximate surface area is 95.4 Å². The summed E-state index contributed by atoms with van der Waals surface area (Å²) in [6.45, 7) is 3.79. The van der Waals surface area contributed by atoms with Crippen molar-refractivity contribution in [3.63, 3.8) is 0 Å². The second-order valence-corrected chi connectivity index (χ2v) is 3.96. The smallest absolute Gasteiger partial charge is 0.337 e. The van der Waals surface area contributed by atoms with Gasteiger partial charge in [-0.05, 0) is 26.2 Å². The van der Waals surface area contributed by atoms with Crippen molar-refractivity contribution in [2.45, 2.75) is 57.5 Å². The molecule has 0 bridgehead atoms.